The van der Waals surface area contributed by atoms with Crippen molar-refractivity contribution in [2.75, 3.05) is 26.3 Å². The first kappa shape index (κ1) is 21.9. The van der Waals surface area contributed by atoms with E-state index in [0.717, 1.165) is 6.08 Å². The average molecular weight is 457 g/mol. The monoisotopic (exact) mass is 456 g/mol. The molecule has 0 spiro atoms. The summed E-state index contributed by atoms with van der Waals surface area (Å²) in [6.07, 6.45) is 3.19. The topological polar surface area (TPSA) is 84.9 Å². The van der Waals surface area contributed by atoms with Gasteiger partial charge in [-0.2, -0.15) is 0 Å². The van der Waals surface area contributed by atoms with Crippen LogP contribution in [0.25, 0.3) is 6.08 Å². The molecule has 2 amide bonds. The number of hydrogen-bond acceptors (Lipinski definition) is 5. The van der Waals surface area contributed by atoms with Crippen LogP contribution in [0.4, 0.5) is 9.18 Å². The number of likely N-dealkylation sites (tertiary alicyclic amines) is 1. The number of rotatable bonds is 6. The quantitative estimate of drug-likeness (QED) is 0.525. The van der Waals surface area contributed by atoms with E-state index in [4.69, 9.17) is 9.47 Å². The summed E-state index contributed by atoms with van der Waals surface area (Å²) in [7, 11) is 0. The lowest BCUT2D eigenvalue weighted by molar-refractivity contribution is -0.144. The highest BCUT2D eigenvalue weighted by atomic mass is 79.9. The van der Waals surface area contributed by atoms with Crippen molar-refractivity contribution in [3.8, 4) is 0 Å². The SMILES string of the molecule is CCOC(=O)N1CCC(NC(=O)COC(=O)/C=C/c2cc(Br)ccc2F)CC1. The molecule has 0 radical (unpaired) electrons. The Hall–Kier alpha value is -2.42. The molecule has 1 aromatic carbocycles. The van der Waals surface area contributed by atoms with E-state index < -0.39 is 24.3 Å². The summed E-state index contributed by atoms with van der Waals surface area (Å²) >= 11 is 3.22. The number of carbonyl (C=O) groups excluding carboxylic acids is 3. The molecule has 1 aliphatic heterocycles. The second kappa shape index (κ2) is 10.8. The lowest BCUT2D eigenvalue weighted by Gasteiger charge is -2.31. The number of halogens is 2. The Morgan fingerprint density at radius 1 is 1.29 bits per heavy atom. The van der Waals surface area contributed by atoms with Crippen molar-refractivity contribution in [1.82, 2.24) is 10.2 Å². The first-order valence-corrected chi connectivity index (χ1v) is 9.69. The summed E-state index contributed by atoms with van der Waals surface area (Å²) in [6.45, 7) is 2.62. The maximum Gasteiger partial charge on any atom is 0.409 e. The fourth-order valence-corrected chi connectivity index (χ4v) is 3.05. The maximum absolute atomic E-state index is 13.6. The maximum atomic E-state index is 13.6. The predicted octanol–water partition coefficient (Wildman–Crippen LogP) is 2.88. The Morgan fingerprint density at radius 2 is 2.00 bits per heavy atom. The molecule has 2 rings (SSSR count). The van der Waals surface area contributed by atoms with Gasteiger partial charge >= 0.3 is 12.1 Å². The van der Waals surface area contributed by atoms with Gasteiger partial charge in [0.05, 0.1) is 6.61 Å². The van der Waals surface area contributed by atoms with E-state index in [9.17, 15) is 18.8 Å². The lowest BCUT2D eigenvalue weighted by atomic mass is 10.1. The third kappa shape index (κ3) is 6.95. The second-order valence-electron chi connectivity index (χ2n) is 6.13. The van der Waals surface area contributed by atoms with Gasteiger partial charge in [0.2, 0.25) is 0 Å². The minimum atomic E-state index is -0.744. The van der Waals surface area contributed by atoms with E-state index in [1.54, 1.807) is 17.9 Å². The van der Waals surface area contributed by atoms with E-state index >= 15 is 0 Å². The number of ether oxygens (including phenoxy) is 2. The number of nitrogens with one attached hydrogen (secondary N) is 1. The van der Waals surface area contributed by atoms with Gasteiger partial charge in [0.1, 0.15) is 5.82 Å². The van der Waals surface area contributed by atoms with E-state index in [1.807, 2.05) is 0 Å². The number of hydrogen-bond donors (Lipinski definition) is 1. The highest BCUT2D eigenvalue weighted by Crippen LogP contribution is 2.16. The van der Waals surface area contributed by atoms with Crippen LogP contribution in [-0.4, -0.2) is 55.2 Å². The van der Waals surface area contributed by atoms with Crippen molar-refractivity contribution in [3.05, 3.63) is 40.1 Å². The minimum absolute atomic E-state index is 0.0943. The highest BCUT2D eigenvalue weighted by Gasteiger charge is 2.24. The first-order chi connectivity index (χ1) is 13.4. The van der Waals surface area contributed by atoms with Gasteiger partial charge in [-0.3, -0.25) is 4.79 Å². The van der Waals surface area contributed by atoms with Gasteiger partial charge in [0.15, 0.2) is 6.61 Å². The summed E-state index contributed by atoms with van der Waals surface area (Å²) in [4.78, 5) is 36.9. The molecule has 0 unspecified atom stereocenters. The van der Waals surface area contributed by atoms with Crippen LogP contribution in [0.3, 0.4) is 0 Å². The molecule has 0 saturated carbocycles. The van der Waals surface area contributed by atoms with E-state index in [1.165, 1.54) is 18.2 Å². The molecule has 1 aliphatic rings. The van der Waals surface area contributed by atoms with Gasteiger partial charge in [-0.05, 0) is 44.0 Å². The molecule has 0 aliphatic carbocycles. The molecular weight excluding hydrogens is 435 g/mol. The summed E-state index contributed by atoms with van der Waals surface area (Å²) in [6, 6.07) is 4.25. The Morgan fingerprint density at radius 3 is 2.68 bits per heavy atom. The standard InChI is InChI=1S/C19H22BrFN2O5/c1-2-27-19(26)23-9-7-15(8-10-23)22-17(24)12-28-18(25)6-3-13-11-14(20)4-5-16(13)21/h3-6,11,15H,2,7-10,12H2,1H3,(H,22,24)/b6-3+. The minimum Gasteiger partial charge on any atom is -0.452 e. The zero-order chi connectivity index (χ0) is 20.5. The van der Waals surface area contributed by atoms with E-state index in [-0.39, 0.29) is 17.7 Å². The molecule has 9 heteroatoms. The molecule has 1 N–H and O–H groups in total. The van der Waals surface area contributed by atoms with Crippen molar-refractivity contribution in [2.45, 2.75) is 25.8 Å². The van der Waals surface area contributed by atoms with E-state index in [2.05, 4.69) is 21.2 Å². The number of carbonyl (C=O) groups is 3. The third-order valence-electron chi connectivity index (χ3n) is 4.09. The molecule has 0 atom stereocenters. The Bertz CT molecular complexity index is 748. The van der Waals surface area contributed by atoms with Crippen LogP contribution in [0.5, 0.6) is 0 Å². The van der Waals surface area contributed by atoms with Gasteiger partial charge in [-0.15, -0.1) is 0 Å². The molecular formula is C19H22BrFN2O5. The molecule has 0 aromatic heterocycles. The van der Waals surface area contributed by atoms with Gasteiger partial charge in [-0.1, -0.05) is 15.9 Å². The van der Waals surface area contributed by atoms with Gasteiger partial charge in [0.25, 0.3) is 5.91 Å². The summed E-state index contributed by atoms with van der Waals surface area (Å²) < 4.78 is 24.1. The van der Waals surface area contributed by atoms with Crippen LogP contribution in [0.15, 0.2) is 28.7 Å². The van der Waals surface area contributed by atoms with Crippen LogP contribution in [0, 0.1) is 5.82 Å². The van der Waals surface area contributed by atoms with Crippen molar-refractivity contribution < 1.29 is 28.2 Å². The molecule has 1 saturated heterocycles. The molecule has 1 fully saturated rings. The number of amides is 2. The lowest BCUT2D eigenvalue weighted by Crippen LogP contribution is -2.47. The van der Waals surface area contributed by atoms with E-state index in [0.29, 0.717) is 37.0 Å². The van der Waals surface area contributed by atoms with Gasteiger partial charge in [0, 0.05) is 35.2 Å². The van der Waals surface area contributed by atoms with Crippen LogP contribution < -0.4 is 5.32 Å². The highest BCUT2D eigenvalue weighted by molar-refractivity contribution is 9.10. The summed E-state index contributed by atoms with van der Waals surface area (Å²) in [5.41, 5.74) is 0.226. The second-order valence-corrected chi connectivity index (χ2v) is 7.05. The van der Waals surface area contributed by atoms with Gasteiger partial charge < -0.3 is 19.7 Å². The van der Waals surface area contributed by atoms with Crippen molar-refractivity contribution in [3.63, 3.8) is 0 Å². The van der Waals surface area contributed by atoms with Crippen molar-refractivity contribution in [1.29, 1.82) is 0 Å². The fourth-order valence-electron chi connectivity index (χ4n) is 2.68. The molecule has 1 heterocycles. The Kier molecular flexibility index (Phi) is 8.43. The van der Waals surface area contributed by atoms with Crippen LogP contribution >= 0.6 is 15.9 Å². The molecule has 0 bridgehead atoms. The zero-order valence-electron chi connectivity index (χ0n) is 15.5. The molecule has 1 aromatic rings. The van der Waals surface area contributed by atoms with Crippen molar-refractivity contribution >= 4 is 40.0 Å². The first-order valence-electron chi connectivity index (χ1n) is 8.90. The Balaban J connectivity index is 1.71. The average Bonchev–Trinajstić information content (AvgIpc) is 2.68. The van der Waals surface area contributed by atoms with Crippen LogP contribution in [0.1, 0.15) is 25.3 Å². The Labute approximate surface area is 171 Å². The largest absolute Gasteiger partial charge is 0.452 e. The fraction of sp³-hybridized carbons (Fsp3) is 0.421. The van der Waals surface area contributed by atoms with Crippen molar-refractivity contribution in [2.24, 2.45) is 0 Å². The number of piperidine rings is 1. The number of esters is 1. The summed E-state index contributed by atoms with van der Waals surface area (Å²) in [5.74, 6) is -1.64. The predicted molar refractivity (Wildman–Crippen MR) is 104 cm³/mol. The molecule has 28 heavy (non-hydrogen) atoms. The van der Waals surface area contributed by atoms with Gasteiger partial charge in [-0.25, -0.2) is 14.0 Å². The van der Waals surface area contributed by atoms with Crippen LogP contribution in [0.2, 0.25) is 0 Å². The zero-order valence-corrected chi connectivity index (χ0v) is 17.0. The molecule has 7 nitrogen and oxygen atoms in total. The smallest absolute Gasteiger partial charge is 0.409 e. The third-order valence-corrected chi connectivity index (χ3v) is 4.58. The summed E-state index contributed by atoms with van der Waals surface area (Å²) in [5, 5.41) is 2.77. The number of nitrogens with zero attached hydrogens (tertiary/aromatic N) is 1. The normalized spacial score (nSPS) is 14.8. The molecule has 152 valence electrons. The number of benzene rings is 1. The van der Waals surface area contributed by atoms with Crippen LogP contribution in [-0.2, 0) is 19.1 Å².